The van der Waals surface area contributed by atoms with E-state index < -0.39 is 41.1 Å². The van der Waals surface area contributed by atoms with Gasteiger partial charge in [0, 0.05) is 12.2 Å². The van der Waals surface area contributed by atoms with Crippen LogP contribution in [0.1, 0.15) is 58.1 Å². The number of aliphatic hydroxyl groups is 1. The van der Waals surface area contributed by atoms with E-state index in [1.807, 2.05) is 52.8 Å². The van der Waals surface area contributed by atoms with Gasteiger partial charge < -0.3 is 24.4 Å². The average molecular weight is 527 g/mol. The summed E-state index contributed by atoms with van der Waals surface area (Å²) >= 11 is 0. The molecular weight excluding hydrogens is 484 g/mol. The predicted octanol–water partition coefficient (Wildman–Crippen LogP) is 3.56. The van der Waals surface area contributed by atoms with Gasteiger partial charge in [0.15, 0.2) is 0 Å². The van der Waals surface area contributed by atoms with E-state index in [1.165, 1.54) is 0 Å². The minimum absolute atomic E-state index is 0.124. The van der Waals surface area contributed by atoms with E-state index in [-0.39, 0.29) is 37.5 Å². The van der Waals surface area contributed by atoms with E-state index in [9.17, 15) is 19.5 Å². The van der Waals surface area contributed by atoms with Gasteiger partial charge in [0.2, 0.25) is 5.91 Å². The second-order valence-electron chi connectivity index (χ2n) is 11.3. The summed E-state index contributed by atoms with van der Waals surface area (Å²) in [6.07, 6.45) is 3.24. The van der Waals surface area contributed by atoms with Crippen LogP contribution in [0.3, 0.4) is 0 Å². The number of para-hydroxylation sites is 1. The zero-order chi connectivity index (χ0) is 28.0. The van der Waals surface area contributed by atoms with E-state index in [4.69, 9.17) is 9.47 Å². The Morgan fingerprint density at radius 3 is 2.45 bits per heavy atom. The highest BCUT2D eigenvalue weighted by Crippen LogP contribution is 2.65. The Kier molecular flexibility index (Phi) is 7.79. The van der Waals surface area contributed by atoms with Crippen molar-refractivity contribution in [3.8, 4) is 0 Å². The summed E-state index contributed by atoms with van der Waals surface area (Å²) in [5, 5.41) is 10.4. The van der Waals surface area contributed by atoms with Crippen LogP contribution in [-0.2, 0) is 23.9 Å². The van der Waals surface area contributed by atoms with Crippen LogP contribution < -0.4 is 4.90 Å². The molecule has 8 heteroatoms. The molecule has 0 aromatic heterocycles. The molecule has 1 spiro atoms. The molecule has 8 nitrogen and oxygen atoms in total. The van der Waals surface area contributed by atoms with Crippen LogP contribution in [0.5, 0.6) is 0 Å². The van der Waals surface area contributed by atoms with E-state index >= 15 is 0 Å². The van der Waals surface area contributed by atoms with Crippen molar-refractivity contribution in [1.82, 2.24) is 4.90 Å². The van der Waals surface area contributed by atoms with Gasteiger partial charge in [-0.05, 0) is 57.1 Å². The van der Waals surface area contributed by atoms with E-state index in [2.05, 4.69) is 6.58 Å². The monoisotopic (exact) mass is 526 g/mol. The van der Waals surface area contributed by atoms with Crippen LogP contribution in [0.15, 0.2) is 30.9 Å². The zero-order valence-electron chi connectivity index (χ0n) is 23.5. The third kappa shape index (κ3) is 3.99. The van der Waals surface area contributed by atoms with Gasteiger partial charge >= 0.3 is 5.97 Å². The molecule has 2 bridgehead atoms. The number of likely N-dealkylation sites (tertiary alicyclic amines) is 1. The molecule has 1 aromatic rings. The maximum absolute atomic E-state index is 14.8. The molecular formula is C30H42N2O6. The summed E-state index contributed by atoms with van der Waals surface area (Å²) in [4.78, 5) is 45.7. The largest absolute Gasteiger partial charge is 0.466 e. The van der Waals surface area contributed by atoms with Crippen LogP contribution >= 0.6 is 0 Å². The third-order valence-corrected chi connectivity index (χ3v) is 8.99. The first-order chi connectivity index (χ1) is 18.0. The summed E-state index contributed by atoms with van der Waals surface area (Å²) in [7, 11) is 0. The molecule has 3 heterocycles. The number of carbonyl (C=O) groups is 3. The Hall–Kier alpha value is -2.71. The van der Waals surface area contributed by atoms with Gasteiger partial charge in [0.05, 0.1) is 30.8 Å². The SMILES string of the molecule is C=CCN(C(=O)C1N([C@@H](CO)C(C)C)C(=O)[C@@H]2[C@H](C(=O)OCC)[C@]3(CC)CCC12O3)c1c(C)cccc1C. The van der Waals surface area contributed by atoms with Crippen molar-refractivity contribution >= 4 is 23.5 Å². The van der Waals surface area contributed by atoms with Gasteiger partial charge in [-0.1, -0.05) is 45.0 Å². The number of esters is 1. The standard InChI is InChI=1S/C30H42N2O6/c1-8-16-31(24-19(6)12-11-13-20(24)7)27(35)25-30-15-14-29(9-2,38-30)23(28(36)37-10-3)22(30)26(34)32(25)21(17-33)18(4)5/h8,11-13,18,21-23,25,33H,1,9-10,14-17H2,2-7H3/t21-,22-,23+,25?,29-,30?/m0/s1. The second kappa shape index (κ2) is 10.5. The van der Waals surface area contributed by atoms with Gasteiger partial charge in [0.25, 0.3) is 5.91 Å². The molecule has 0 saturated carbocycles. The fourth-order valence-corrected chi connectivity index (χ4v) is 7.30. The van der Waals surface area contributed by atoms with Crippen molar-refractivity contribution in [2.24, 2.45) is 17.8 Å². The highest BCUT2D eigenvalue weighted by atomic mass is 16.6. The molecule has 208 valence electrons. The van der Waals surface area contributed by atoms with Crippen molar-refractivity contribution in [2.75, 3.05) is 24.7 Å². The molecule has 3 aliphatic heterocycles. The Morgan fingerprint density at radius 1 is 1.26 bits per heavy atom. The van der Waals surface area contributed by atoms with Gasteiger partial charge in [0.1, 0.15) is 17.6 Å². The van der Waals surface area contributed by atoms with E-state index in [0.29, 0.717) is 19.3 Å². The van der Waals surface area contributed by atoms with Crippen LogP contribution in [0.25, 0.3) is 0 Å². The molecule has 2 unspecified atom stereocenters. The maximum atomic E-state index is 14.8. The van der Waals surface area contributed by atoms with Crippen LogP contribution in [-0.4, -0.2) is 70.8 Å². The quantitative estimate of drug-likeness (QED) is 0.370. The molecule has 3 fully saturated rings. The number of carbonyl (C=O) groups excluding carboxylic acids is 3. The lowest BCUT2D eigenvalue weighted by molar-refractivity contribution is -0.162. The topological polar surface area (TPSA) is 96.4 Å². The van der Waals surface area contributed by atoms with Crippen LogP contribution in [0, 0.1) is 31.6 Å². The number of amides is 2. The number of hydrogen-bond acceptors (Lipinski definition) is 6. The Labute approximate surface area is 226 Å². The molecule has 3 saturated heterocycles. The minimum Gasteiger partial charge on any atom is -0.466 e. The Bertz CT molecular complexity index is 1100. The van der Waals surface area contributed by atoms with E-state index in [0.717, 1.165) is 16.8 Å². The summed E-state index contributed by atoms with van der Waals surface area (Å²) in [6.45, 7) is 15.5. The lowest BCUT2D eigenvalue weighted by Gasteiger charge is -2.41. The smallest absolute Gasteiger partial charge is 0.312 e. The molecule has 38 heavy (non-hydrogen) atoms. The normalized spacial score (nSPS) is 30.5. The molecule has 1 N–H and O–H groups in total. The van der Waals surface area contributed by atoms with Gasteiger partial charge in [-0.3, -0.25) is 14.4 Å². The van der Waals surface area contributed by atoms with Gasteiger partial charge in [-0.15, -0.1) is 6.58 Å². The third-order valence-electron chi connectivity index (χ3n) is 8.99. The lowest BCUT2D eigenvalue weighted by atomic mass is 9.65. The number of hydrogen-bond donors (Lipinski definition) is 1. The van der Waals surface area contributed by atoms with Gasteiger partial charge in [-0.2, -0.15) is 0 Å². The Morgan fingerprint density at radius 2 is 1.92 bits per heavy atom. The summed E-state index contributed by atoms with van der Waals surface area (Å²) in [5.41, 5.74) is 0.595. The highest BCUT2D eigenvalue weighted by Gasteiger charge is 2.79. The Balaban J connectivity index is 1.92. The van der Waals surface area contributed by atoms with Crippen molar-refractivity contribution in [2.45, 2.75) is 84.1 Å². The minimum atomic E-state index is -1.18. The van der Waals surface area contributed by atoms with Crippen LogP contribution in [0.4, 0.5) is 5.69 Å². The van der Waals surface area contributed by atoms with Crippen molar-refractivity contribution in [3.05, 3.63) is 42.0 Å². The second-order valence-corrected chi connectivity index (χ2v) is 11.3. The number of rotatable bonds is 10. The molecule has 4 rings (SSSR count). The fraction of sp³-hybridized carbons (Fsp3) is 0.633. The highest BCUT2D eigenvalue weighted by molar-refractivity contribution is 6.05. The number of aryl methyl sites for hydroxylation is 2. The molecule has 0 aliphatic carbocycles. The van der Waals surface area contributed by atoms with Gasteiger partial charge in [-0.25, -0.2) is 0 Å². The molecule has 1 aromatic carbocycles. The predicted molar refractivity (Wildman–Crippen MR) is 144 cm³/mol. The van der Waals surface area contributed by atoms with Crippen molar-refractivity contribution in [3.63, 3.8) is 0 Å². The molecule has 6 atom stereocenters. The average Bonchev–Trinajstić information content (AvgIpc) is 3.47. The fourth-order valence-electron chi connectivity index (χ4n) is 7.30. The first-order valence-electron chi connectivity index (χ1n) is 13.8. The number of benzene rings is 1. The number of ether oxygens (including phenoxy) is 2. The number of nitrogens with zero attached hydrogens (tertiary/aromatic N) is 2. The zero-order valence-corrected chi connectivity index (χ0v) is 23.5. The summed E-state index contributed by atoms with van der Waals surface area (Å²) in [6, 6.07) is 4.25. The van der Waals surface area contributed by atoms with Crippen molar-refractivity contribution < 1.29 is 29.0 Å². The lowest BCUT2D eigenvalue weighted by Crippen LogP contribution is -2.60. The molecule has 2 amide bonds. The van der Waals surface area contributed by atoms with Crippen LogP contribution in [0.2, 0.25) is 0 Å². The maximum Gasteiger partial charge on any atom is 0.312 e. The number of aliphatic hydroxyl groups excluding tert-OH is 1. The molecule has 0 radical (unpaired) electrons. The first kappa shape index (κ1) is 28.3. The molecule has 3 aliphatic rings. The number of anilines is 1. The van der Waals surface area contributed by atoms with Crippen molar-refractivity contribution in [1.29, 1.82) is 0 Å². The van der Waals surface area contributed by atoms with E-state index in [1.54, 1.807) is 22.8 Å². The summed E-state index contributed by atoms with van der Waals surface area (Å²) in [5.74, 6) is -2.82. The first-order valence-corrected chi connectivity index (χ1v) is 13.8. The summed E-state index contributed by atoms with van der Waals surface area (Å²) < 4.78 is 12.3. The number of fused-ring (bicyclic) bond motifs is 1.